The quantitative estimate of drug-likeness (QED) is 0.730. The molecule has 1 fully saturated rings. The van der Waals surface area contributed by atoms with E-state index in [0.29, 0.717) is 18.1 Å². The van der Waals surface area contributed by atoms with Crippen molar-refractivity contribution in [3.8, 4) is 0 Å². The number of hydrogen-bond acceptors (Lipinski definition) is 5. The van der Waals surface area contributed by atoms with Crippen LogP contribution in [0.15, 0.2) is 24.3 Å². The Hall–Kier alpha value is -0.860. The number of carbonyl (C=O) groups is 1. The standard InChI is InChI=1S/C17H25ClN2O4S.ClH/c1-12(15(24-2)13-4-6-14(18)7-5-13)20-16(21)17(25(3,22)23)8-10-19-11-9-17;/h4-7,12,15,19H,8-11H2,1-3H3,(H,20,21);1H. The number of piperidine rings is 1. The van der Waals surface area contributed by atoms with Crippen LogP contribution in [0.3, 0.4) is 0 Å². The van der Waals surface area contributed by atoms with Gasteiger partial charge in [-0.25, -0.2) is 8.42 Å². The Morgan fingerprint density at radius 3 is 2.27 bits per heavy atom. The van der Waals surface area contributed by atoms with E-state index >= 15 is 0 Å². The normalized spacial score (nSPS) is 19.1. The molecule has 1 heterocycles. The monoisotopic (exact) mass is 424 g/mol. The van der Waals surface area contributed by atoms with Crippen LogP contribution >= 0.6 is 24.0 Å². The molecule has 1 saturated heterocycles. The summed E-state index contributed by atoms with van der Waals surface area (Å²) >= 11 is 5.91. The smallest absolute Gasteiger partial charge is 0.241 e. The highest BCUT2D eigenvalue weighted by Crippen LogP contribution is 2.29. The number of halogens is 2. The fourth-order valence-corrected chi connectivity index (χ4v) is 4.76. The van der Waals surface area contributed by atoms with E-state index in [0.717, 1.165) is 11.8 Å². The van der Waals surface area contributed by atoms with Crippen molar-refractivity contribution in [3.05, 3.63) is 34.9 Å². The molecule has 1 aromatic carbocycles. The second-order valence-electron chi connectivity index (χ2n) is 6.49. The highest BCUT2D eigenvalue weighted by Gasteiger charge is 2.49. The number of methoxy groups -OCH3 is 1. The molecule has 1 aliphatic heterocycles. The molecule has 26 heavy (non-hydrogen) atoms. The molecule has 2 rings (SSSR count). The first-order valence-corrected chi connectivity index (χ1v) is 10.5. The maximum Gasteiger partial charge on any atom is 0.241 e. The van der Waals surface area contributed by atoms with E-state index in [1.165, 1.54) is 0 Å². The molecule has 0 aliphatic carbocycles. The lowest BCUT2D eigenvalue weighted by Gasteiger charge is -2.36. The van der Waals surface area contributed by atoms with Crippen molar-refractivity contribution in [1.82, 2.24) is 10.6 Å². The maximum atomic E-state index is 12.9. The predicted octanol–water partition coefficient (Wildman–Crippen LogP) is 2.12. The maximum absolute atomic E-state index is 12.9. The van der Waals surface area contributed by atoms with Crippen molar-refractivity contribution in [2.24, 2.45) is 0 Å². The first-order chi connectivity index (χ1) is 11.7. The molecule has 1 aromatic rings. The molecule has 0 spiro atoms. The Kier molecular flexibility index (Phi) is 8.35. The Balaban J connectivity index is 0.00000338. The molecule has 1 aliphatic rings. The second kappa shape index (κ2) is 9.37. The fraction of sp³-hybridized carbons (Fsp3) is 0.588. The van der Waals surface area contributed by atoms with Crippen LogP contribution in [0.1, 0.15) is 31.4 Å². The zero-order valence-electron chi connectivity index (χ0n) is 15.1. The van der Waals surface area contributed by atoms with Crippen molar-refractivity contribution < 1.29 is 17.9 Å². The number of rotatable bonds is 6. The summed E-state index contributed by atoms with van der Waals surface area (Å²) in [6.07, 6.45) is 1.26. The summed E-state index contributed by atoms with van der Waals surface area (Å²) in [5.41, 5.74) is 0.860. The van der Waals surface area contributed by atoms with Crippen LogP contribution in [0.5, 0.6) is 0 Å². The largest absolute Gasteiger partial charge is 0.375 e. The fourth-order valence-electron chi connectivity index (χ4n) is 3.29. The van der Waals surface area contributed by atoms with Gasteiger partial charge in [-0.1, -0.05) is 23.7 Å². The second-order valence-corrected chi connectivity index (χ2v) is 9.25. The lowest BCUT2D eigenvalue weighted by atomic mass is 9.94. The van der Waals surface area contributed by atoms with Crippen molar-refractivity contribution >= 4 is 39.8 Å². The molecular weight excluding hydrogens is 399 g/mol. The Labute approximate surface area is 166 Å². The molecule has 148 valence electrons. The summed E-state index contributed by atoms with van der Waals surface area (Å²) in [5, 5.41) is 6.57. The van der Waals surface area contributed by atoms with E-state index in [-0.39, 0.29) is 25.2 Å². The number of carbonyl (C=O) groups excluding carboxylic acids is 1. The number of hydrogen-bond donors (Lipinski definition) is 2. The molecule has 1 amide bonds. The van der Waals surface area contributed by atoms with Crippen LogP contribution < -0.4 is 10.6 Å². The number of benzene rings is 1. The molecule has 2 atom stereocenters. The minimum Gasteiger partial charge on any atom is -0.375 e. The summed E-state index contributed by atoms with van der Waals surface area (Å²) in [6.45, 7) is 2.80. The minimum atomic E-state index is -3.55. The Bertz CT molecular complexity index is 704. The summed E-state index contributed by atoms with van der Waals surface area (Å²) in [6, 6.07) is 6.77. The van der Waals surface area contributed by atoms with Crippen LogP contribution in [-0.2, 0) is 19.4 Å². The van der Waals surface area contributed by atoms with Gasteiger partial charge in [-0.15, -0.1) is 12.4 Å². The van der Waals surface area contributed by atoms with Gasteiger partial charge in [0.1, 0.15) is 6.10 Å². The van der Waals surface area contributed by atoms with Gasteiger partial charge in [-0.2, -0.15) is 0 Å². The number of ether oxygens (including phenoxy) is 1. The average Bonchev–Trinajstić information content (AvgIpc) is 2.56. The van der Waals surface area contributed by atoms with Gasteiger partial charge in [0.15, 0.2) is 14.6 Å². The van der Waals surface area contributed by atoms with Gasteiger partial charge in [0.25, 0.3) is 0 Å². The van der Waals surface area contributed by atoms with E-state index in [4.69, 9.17) is 16.3 Å². The summed E-state index contributed by atoms with van der Waals surface area (Å²) in [7, 11) is -1.99. The van der Waals surface area contributed by atoms with Crippen molar-refractivity contribution in [3.63, 3.8) is 0 Å². The van der Waals surface area contributed by atoms with Gasteiger partial charge in [-0.05, 0) is 50.6 Å². The third-order valence-corrected chi connectivity index (χ3v) is 7.07. The van der Waals surface area contributed by atoms with E-state index in [9.17, 15) is 13.2 Å². The third kappa shape index (κ3) is 4.89. The predicted molar refractivity (Wildman–Crippen MR) is 106 cm³/mol. The summed E-state index contributed by atoms with van der Waals surface area (Å²) in [5.74, 6) is -0.458. The minimum absolute atomic E-state index is 0. The number of nitrogens with one attached hydrogen (secondary N) is 2. The SMILES string of the molecule is COC(c1ccc(Cl)cc1)C(C)NC(=O)C1(S(C)(=O)=O)CCNCC1.Cl. The third-order valence-electron chi connectivity index (χ3n) is 4.80. The van der Waals surface area contributed by atoms with E-state index in [1.807, 2.05) is 12.1 Å². The molecule has 0 aromatic heterocycles. The van der Waals surface area contributed by atoms with Crippen molar-refractivity contribution in [1.29, 1.82) is 0 Å². The zero-order chi connectivity index (χ0) is 18.7. The Morgan fingerprint density at radius 2 is 1.81 bits per heavy atom. The van der Waals surface area contributed by atoms with E-state index < -0.39 is 32.6 Å². The topological polar surface area (TPSA) is 84.5 Å². The van der Waals surface area contributed by atoms with Crippen molar-refractivity contribution in [2.45, 2.75) is 36.7 Å². The number of sulfone groups is 1. The molecule has 0 radical (unpaired) electrons. The van der Waals surface area contributed by atoms with Crippen LogP contribution in [0.25, 0.3) is 0 Å². The lowest BCUT2D eigenvalue weighted by Crippen LogP contribution is -2.59. The molecule has 0 saturated carbocycles. The molecule has 6 nitrogen and oxygen atoms in total. The molecule has 2 N–H and O–H groups in total. The van der Waals surface area contributed by atoms with Gasteiger partial charge >= 0.3 is 0 Å². The molecule has 0 bridgehead atoms. The van der Waals surface area contributed by atoms with Crippen LogP contribution in [-0.4, -0.2) is 51.6 Å². The molecule has 2 unspecified atom stereocenters. The van der Waals surface area contributed by atoms with Gasteiger partial charge in [0.05, 0.1) is 6.04 Å². The number of amides is 1. The van der Waals surface area contributed by atoms with E-state index in [1.54, 1.807) is 26.2 Å². The molecular formula is C17H26Cl2N2O4S. The van der Waals surface area contributed by atoms with Gasteiger partial charge in [-0.3, -0.25) is 4.79 Å². The lowest BCUT2D eigenvalue weighted by molar-refractivity contribution is -0.126. The van der Waals surface area contributed by atoms with Crippen LogP contribution in [0, 0.1) is 0 Å². The van der Waals surface area contributed by atoms with Gasteiger partial charge < -0.3 is 15.4 Å². The van der Waals surface area contributed by atoms with Gasteiger partial charge in [0, 0.05) is 18.4 Å². The Morgan fingerprint density at radius 1 is 1.27 bits per heavy atom. The van der Waals surface area contributed by atoms with E-state index in [2.05, 4.69) is 10.6 Å². The zero-order valence-corrected chi connectivity index (χ0v) is 17.5. The van der Waals surface area contributed by atoms with Crippen LogP contribution in [0.2, 0.25) is 5.02 Å². The summed E-state index contributed by atoms with van der Waals surface area (Å²) < 4.78 is 28.8. The highest BCUT2D eigenvalue weighted by molar-refractivity contribution is 7.92. The van der Waals surface area contributed by atoms with Gasteiger partial charge in [0.2, 0.25) is 5.91 Å². The molecule has 9 heteroatoms. The first-order valence-electron chi connectivity index (χ1n) is 8.21. The first kappa shape index (κ1) is 23.2. The highest BCUT2D eigenvalue weighted by atomic mass is 35.5. The van der Waals surface area contributed by atoms with Crippen molar-refractivity contribution in [2.75, 3.05) is 26.5 Å². The summed E-state index contributed by atoms with van der Waals surface area (Å²) in [4.78, 5) is 12.9. The van der Waals surface area contributed by atoms with Crippen LogP contribution in [0.4, 0.5) is 0 Å². The average molecular weight is 425 g/mol.